The maximum atomic E-state index is 15.5. The van der Waals surface area contributed by atoms with Crippen molar-refractivity contribution in [3.8, 4) is 17.4 Å². The molecular weight excluding hydrogens is 559 g/mol. The number of halogens is 2. The van der Waals surface area contributed by atoms with E-state index in [4.69, 9.17) is 26.1 Å². The smallest absolute Gasteiger partial charge is 0.232 e. The molecule has 0 unspecified atom stereocenters. The van der Waals surface area contributed by atoms with E-state index < -0.39 is 15.8 Å². The van der Waals surface area contributed by atoms with Gasteiger partial charge in [0.2, 0.25) is 10.0 Å². The maximum Gasteiger partial charge on any atom is 0.232 e. The molecule has 5 rings (SSSR count). The molecule has 1 aromatic heterocycles. The molecule has 0 spiro atoms. The molecule has 0 radical (unpaired) electrons. The van der Waals surface area contributed by atoms with E-state index in [9.17, 15) is 13.5 Å². The summed E-state index contributed by atoms with van der Waals surface area (Å²) in [7, 11) is -0.120. The predicted molar refractivity (Wildman–Crippen MR) is 155 cm³/mol. The van der Waals surface area contributed by atoms with Crippen LogP contribution < -0.4 is 13.8 Å². The van der Waals surface area contributed by atoms with Gasteiger partial charge in [-0.3, -0.25) is 4.31 Å². The van der Waals surface area contributed by atoms with Crippen LogP contribution in [0.5, 0.6) is 17.4 Å². The third kappa shape index (κ3) is 5.72. The standard InChI is InChI=1S/C28H28ClFN4O5S/c1-33(2)10-11-34(40(3,36)37)23-8-6-19(16-21(23)30)31-27(17-4-9-24-25(14-17)39-13-12-38-24)26-20-7-5-18(29)15-22(20)32-28(26)35/h4-9,14-16,32,35H,10-13H2,1-3H3. The zero-order valence-corrected chi connectivity index (χ0v) is 23.7. The van der Waals surface area contributed by atoms with Gasteiger partial charge in [0.1, 0.15) is 19.0 Å². The first kappa shape index (κ1) is 27.8. The number of H-pyrrole nitrogens is 1. The normalized spacial score (nSPS) is 13.7. The number of aromatic amines is 1. The third-order valence-electron chi connectivity index (χ3n) is 6.38. The molecule has 9 nitrogen and oxygen atoms in total. The molecule has 2 heterocycles. The fourth-order valence-electron chi connectivity index (χ4n) is 4.50. The minimum absolute atomic E-state index is 0.0752. The number of fused-ring (bicyclic) bond motifs is 2. The molecule has 0 saturated heterocycles. The molecule has 0 atom stereocenters. The van der Waals surface area contributed by atoms with Crippen molar-refractivity contribution in [3.63, 3.8) is 0 Å². The SMILES string of the molecule is CN(C)CCN(c1ccc(N=C(c2ccc3c(c2)OCCO3)c2c(O)[nH]c3cc(Cl)ccc23)cc1F)S(C)(=O)=O. The van der Waals surface area contributed by atoms with Crippen LogP contribution in [0.4, 0.5) is 15.8 Å². The fourth-order valence-corrected chi connectivity index (χ4v) is 5.59. The van der Waals surface area contributed by atoms with Gasteiger partial charge in [0, 0.05) is 35.1 Å². The van der Waals surface area contributed by atoms with E-state index in [1.54, 1.807) is 36.4 Å². The van der Waals surface area contributed by atoms with Crippen LogP contribution in [-0.2, 0) is 10.0 Å². The van der Waals surface area contributed by atoms with Crippen molar-refractivity contribution in [1.29, 1.82) is 0 Å². The largest absolute Gasteiger partial charge is 0.494 e. The van der Waals surface area contributed by atoms with Gasteiger partial charge in [0.15, 0.2) is 17.4 Å². The molecule has 0 bridgehead atoms. The Kier molecular flexibility index (Phi) is 7.63. The van der Waals surface area contributed by atoms with Crippen LogP contribution in [0.15, 0.2) is 59.6 Å². The summed E-state index contributed by atoms with van der Waals surface area (Å²) in [4.78, 5) is 9.48. The predicted octanol–water partition coefficient (Wildman–Crippen LogP) is 4.93. The zero-order valence-electron chi connectivity index (χ0n) is 22.1. The number of rotatable bonds is 8. The Bertz CT molecular complexity index is 1720. The number of nitrogens with zero attached hydrogens (tertiary/aromatic N) is 3. The number of ether oxygens (including phenoxy) is 2. The molecule has 1 aliphatic heterocycles. The summed E-state index contributed by atoms with van der Waals surface area (Å²) in [6, 6.07) is 14.5. The van der Waals surface area contributed by atoms with E-state index in [-0.39, 0.29) is 23.8 Å². The van der Waals surface area contributed by atoms with E-state index in [2.05, 4.69) is 4.98 Å². The highest BCUT2D eigenvalue weighted by Crippen LogP contribution is 2.37. The number of sulfonamides is 1. The Labute approximate surface area is 236 Å². The number of anilines is 1. The molecule has 0 fully saturated rings. The van der Waals surface area contributed by atoms with Crippen LogP contribution in [0.25, 0.3) is 10.9 Å². The second kappa shape index (κ2) is 11.0. The molecule has 40 heavy (non-hydrogen) atoms. The minimum Gasteiger partial charge on any atom is -0.494 e. The van der Waals surface area contributed by atoms with Crippen LogP contribution in [0.2, 0.25) is 5.02 Å². The van der Waals surface area contributed by atoms with E-state index in [0.717, 1.165) is 10.6 Å². The highest BCUT2D eigenvalue weighted by Gasteiger charge is 2.24. The van der Waals surface area contributed by atoms with E-state index in [0.29, 0.717) is 64.0 Å². The number of likely N-dealkylation sites (N-methyl/N-ethyl adjacent to an activating group) is 1. The number of benzene rings is 3. The third-order valence-corrected chi connectivity index (χ3v) is 7.80. The number of hydrogen-bond donors (Lipinski definition) is 2. The first-order valence-corrected chi connectivity index (χ1v) is 14.6. The molecule has 0 amide bonds. The van der Waals surface area contributed by atoms with Crippen LogP contribution in [0.3, 0.4) is 0 Å². The minimum atomic E-state index is -3.74. The molecule has 0 aliphatic carbocycles. The monoisotopic (exact) mass is 586 g/mol. The Morgan fingerprint density at radius 2 is 1.80 bits per heavy atom. The first-order chi connectivity index (χ1) is 19.0. The lowest BCUT2D eigenvalue weighted by Crippen LogP contribution is -2.36. The van der Waals surface area contributed by atoms with Crippen molar-refractivity contribution in [2.24, 2.45) is 4.99 Å². The van der Waals surface area contributed by atoms with Crippen molar-refractivity contribution in [1.82, 2.24) is 9.88 Å². The maximum absolute atomic E-state index is 15.5. The van der Waals surface area contributed by atoms with E-state index in [1.807, 2.05) is 19.0 Å². The molecular formula is C28H28ClFN4O5S. The zero-order chi connectivity index (χ0) is 28.6. The van der Waals surface area contributed by atoms with Gasteiger partial charge in [-0.2, -0.15) is 0 Å². The average molecular weight is 587 g/mol. The topological polar surface area (TPSA) is 107 Å². The summed E-state index contributed by atoms with van der Waals surface area (Å²) < 4.78 is 52.8. The summed E-state index contributed by atoms with van der Waals surface area (Å²) in [5.74, 6) is 0.208. The van der Waals surface area contributed by atoms with Gasteiger partial charge in [0.25, 0.3) is 0 Å². The highest BCUT2D eigenvalue weighted by atomic mass is 35.5. The summed E-state index contributed by atoms with van der Waals surface area (Å²) >= 11 is 6.16. The van der Waals surface area contributed by atoms with Gasteiger partial charge in [-0.25, -0.2) is 17.8 Å². The molecule has 210 valence electrons. The Morgan fingerprint density at radius 3 is 2.50 bits per heavy atom. The second-order valence-corrected chi connectivity index (χ2v) is 12.0. The Hall–Kier alpha value is -3.80. The van der Waals surface area contributed by atoms with Crippen molar-refractivity contribution >= 4 is 49.6 Å². The van der Waals surface area contributed by atoms with Crippen LogP contribution in [-0.4, -0.2) is 75.8 Å². The number of nitrogens with one attached hydrogen (secondary N) is 1. The molecule has 12 heteroatoms. The van der Waals surface area contributed by atoms with Gasteiger partial charge in [-0.1, -0.05) is 17.7 Å². The molecule has 0 saturated carbocycles. The van der Waals surface area contributed by atoms with E-state index in [1.165, 1.54) is 18.2 Å². The lowest BCUT2D eigenvalue weighted by Gasteiger charge is -2.24. The number of hydrogen-bond acceptors (Lipinski definition) is 7. The van der Waals surface area contributed by atoms with Crippen molar-refractivity contribution in [2.75, 3.05) is 51.0 Å². The lowest BCUT2D eigenvalue weighted by atomic mass is 10.00. The number of aliphatic imine (C=N–C) groups is 1. The summed E-state index contributed by atoms with van der Waals surface area (Å²) in [5.41, 5.74) is 2.04. The quantitative estimate of drug-likeness (QED) is 0.283. The summed E-state index contributed by atoms with van der Waals surface area (Å²) in [5, 5.41) is 12.1. The highest BCUT2D eigenvalue weighted by molar-refractivity contribution is 7.92. The Balaban J connectivity index is 1.65. The summed E-state index contributed by atoms with van der Waals surface area (Å²) in [6.45, 7) is 1.31. The lowest BCUT2D eigenvalue weighted by molar-refractivity contribution is 0.171. The van der Waals surface area contributed by atoms with Gasteiger partial charge in [0.05, 0.1) is 34.4 Å². The molecule has 1 aliphatic rings. The molecule has 3 aromatic carbocycles. The molecule has 2 N–H and O–H groups in total. The van der Waals surface area contributed by atoms with Gasteiger partial charge in [-0.05, 0) is 56.6 Å². The van der Waals surface area contributed by atoms with Crippen LogP contribution in [0.1, 0.15) is 11.1 Å². The van der Waals surface area contributed by atoms with Crippen LogP contribution in [0, 0.1) is 5.82 Å². The van der Waals surface area contributed by atoms with Crippen LogP contribution >= 0.6 is 11.6 Å². The second-order valence-electron chi connectivity index (χ2n) is 9.63. The molecule has 4 aromatic rings. The van der Waals surface area contributed by atoms with E-state index >= 15 is 4.39 Å². The fraction of sp³-hybridized carbons (Fsp3) is 0.250. The Morgan fingerprint density at radius 1 is 1.05 bits per heavy atom. The summed E-state index contributed by atoms with van der Waals surface area (Å²) in [6.07, 6.45) is 1.04. The van der Waals surface area contributed by atoms with Gasteiger partial charge in [-0.15, -0.1) is 0 Å². The van der Waals surface area contributed by atoms with Gasteiger partial charge >= 0.3 is 0 Å². The average Bonchev–Trinajstić information content (AvgIpc) is 3.21. The van der Waals surface area contributed by atoms with Gasteiger partial charge < -0.3 is 24.5 Å². The van der Waals surface area contributed by atoms with Crippen molar-refractivity contribution in [3.05, 3.63) is 76.6 Å². The van der Waals surface area contributed by atoms with Crippen molar-refractivity contribution in [2.45, 2.75) is 0 Å². The first-order valence-electron chi connectivity index (χ1n) is 12.4. The van der Waals surface area contributed by atoms with Crippen molar-refractivity contribution < 1.29 is 27.4 Å². The number of aromatic hydroxyl groups is 1. The number of aromatic nitrogens is 1.